The van der Waals surface area contributed by atoms with Crippen molar-refractivity contribution in [3.8, 4) is 0 Å². The number of esters is 1. The fourth-order valence-corrected chi connectivity index (χ4v) is 4.77. The van der Waals surface area contributed by atoms with E-state index in [1.165, 1.54) is 6.92 Å². The van der Waals surface area contributed by atoms with E-state index in [2.05, 4.69) is 13.8 Å². The second kappa shape index (κ2) is 15.5. The first-order valence-corrected chi connectivity index (χ1v) is 12.8. The minimum Gasteiger partial charge on any atom is -0.463 e. The molecule has 1 aromatic carbocycles. The average molecular weight is 497 g/mol. The molecule has 0 saturated carbocycles. The van der Waals surface area contributed by atoms with Gasteiger partial charge in [-0.1, -0.05) is 43.7 Å². The van der Waals surface area contributed by atoms with Gasteiger partial charge in [0.05, 0.1) is 30.5 Å². The summed E-state index contributed by atoms with van der Waals surface area (Å²) in [6.07, 6.45) is 3.35. The third-order valence-electron chi connectivity index (χ3n) is 6.11. The summed E-state index contributed by atoms with van der Waals surface area (Å²) in [6.45, 7) is 7.37. The maximum atomic E-state index is 11.1. The number of hydrogen-bond acceptors (Lipinski definition) is 8. The van der Waals surface area contributed by atoms with Gasteiger partial charge in [0.25, 0.3) is 0 Å². The van der Waals surface area contributed by atoms with Crippen LogP contribution in [0.1, 0.15) is 84.5 Å². The van der Waals surface area contributed by atoms with Gasteiger partial charge in [-0.2, -0.15) is 0 Å². The van der Waals surface area contributed by atoms with Gasteiger partial charge in [-0.25, -0.2) is 0 Å². The molecule has 8 nitrogen and oxygen atoms in total. The second-order valence-corrected chi connectivity index (χ2v) is 9.43. The van der Waals surface area contributed by atoms with Gasteiger partial charge in [0.15, 0.2) is 12.6 Å². The van der Waals surface area contributed by atoms with Crippen molar-refractivity contribution in [3.05, 3.63) is 35.9 Å². The molecule has 0 spiro atoms. The molecule has 8 unspecified atom stereocenters. The zero-order valence-corrected chi connectivity index (χ0v) is 21.8. The summed E-state index contributed by atoms with van der Waals surface area (Å²) in [5.74, 6) is -0.334. The Morgan fingerprint density at radius 1 is 1.06 bits per heavy atom. The van der Waals surface area contributed by atoms with Crippen LogP contribution < -0.4 is 0 Å². The molecule has 2 aliphatic heterocycles. The lowest BCUT2D eigenvalue weighted by atomic mass is 9.95. The monoisotopic (exact) mass is 496 g/mol. The molecule has 2 heterocycles. The van der Waals surface area contributed by atoms with Crippen molar-refractivity contribution in [2.24, 2.45) is 0 Å². The molecule has 1 aromatic rings. The highest BCUT2D eigenvalue weighted by molar-refractivity contribution is 5.66. The first-order chi connectivity index (χ1) is 16.8. The normalized spacial score (nSPS) is 30.5. The molecule has 0 bridgehead atoms. The van der Waals surface area contributed by atoms with Crippen LogP contribution in [0.15, 0.2) is 30.3 Å². The Morgan fingerprint density at radius 3 is 2.37 bits per heavy atom. The third kappa shape index (κ3) is 10.5. The molecule has 200 valence electrons. The van der Waals surface area contributed by atoms with Gasteiger partial charge >= 0.3 is 5.97 Å². The van der Waals surface area contributed by atoms with Crippen molar-refractivity contribution in [3.63, 3.8) is 0 Å². The summed E-state index contributed by atoms with van der Waals surface area (Å²) >= 11 is 0. The molecule has 3 rings (SSSR count). The van der Waals surface area contributed by atoms with Crippen LogP contribution in [-0.2, 0) is 28.5 Å². The summed E-state index contributed by atoms with van der Waals surface area (Å²) < 4.78 is 29.9. The highest BCUT2D eigenvalue weighted by Gasteiger charge is 2.36. The zero-order chi connectivity index (χ0) is 25.8. The van der Waals surface area contributed by atoms with Gasteiger partial charge in [0, 0.05) is 38.9 Å². The van der Waals surface area contributed by atoms with E-state index in [1.807, 2.05) is 30.3 Å². The summed E-state index contributed by atoms with van der Waals surface area (Å²) in [5.41, 5.74) is 1.02. The molecule has 8 heteroatoms. The maximum Gasteiger partial charge on any atom is 0.302 e. The van der Waals surface area contributed by atoms with Gasteiger partial charge in [-0.3, -0.25) is 4.79 Å². The van der Waals surface area contributed by atoms with Crippen molar-refractivity contribution in [2.75, 3.05) is 7.11 Å². The topological polar surface area (TPSA) is 104 Å². The predicted molar refractivity (Wildman–Crippen MR) is 132 cm³/mol. The highest BCUT2D eigenvalue weighted by atomic mass is 16.7. The number of aliphatic hydroxyl groups is 2. The number of aliphatic hydroxyl groups excluding tert-OH is 2. The van der Waals surface area contributed by atoms with E-state index < -0.39 is 6.10 Å². The number of carbonyl (C=O) groups is 1. The van der Waals surface area contributed by atoms with Crippen molar-refractivity contribution < 1.29 is 38.7 Å². The van der Waals surface area contributed by atoms with Crippen LogP contribution in [0.25, 0.3) is 0 Å². The van der Waals surface area contributed by atoms with Crippen molar-refractivity contribution in [1.82, 2.24) is 0 Å². The maximum absolute atomic E-state index is 11.1. The van der Waals surface area contributed by atoms with Crippen LogP contribution >= 0.6 is 0 Å². The van der Waals surface area contributed by atoms with Crippen LogP contribution in [0, 0.1) is 0 Å². The zero-order valence-electron chi connectivity index (χ0n) is 21.8. The summed E-state index contributed by atoms with van der Waals surface area (Å²) in [5, 5.41) is 17.6. The summed E-state index contributed by atoms with van der Waals surface area (Å²) in [7, 11) is 1.00. The molecular weight excluding hydrogens is 452 g/mol. The Kier molecular flexibility index (Phi) is 13.2. The molecule has 0 aliphatic carbocycles. The lowest BCUT2D eigenvalue weighted by Gasteiger charge is -2.40. The van der Waals surface area contributed by atoms with Gasteiger partial charge < -0.3 is 33.9 Å². The van der Waals surface area contributed by atoms with Crippen molar-refractivity contribution in [2.45, 2.75) is 122 Å². The van der Waals surface area contributed by atoms with E-state index in [4.69, 9.17) is 28.8 Å². The van der Waals surface area contributed by atoms with Crippen LogP contribution in [0.5, 0.6) is 0 Å². The minimum atomic E-state index is -0.604. The molecule has 0 amide bonds. The van der Waals surface area contributed by atoms with Crippen LogP contribution in [0.4, 0.5) is 0 Å². The quantitative estimate of drug-likeness (QED) is 0.463. The number of carbonyl (C=O) groups excluding carboxylic acids is 1. The molecular formula is C27H44O8. The molecule has 0 aromatic heterocycles. The second-order valence-electron chi connectivity index (χ2n) is 9.43. The van der Waals surface area contributed by atoms with Crippen molar-refractivity contribution in [1.29, 1.82) is 0 Å². The lowest BCUT2D eigenvalue weighted by molar-refractivity contribution is -0.275. The van der Waals surface area contributed by atoms with E-state index in [-0.39, 0.29) is 49.1 Å². The Labute approximate surface area is 209 Å². The van der Waals surface area contributed by atoms with Gasteiger partial charge in [-0.05, 0) is 33.1 Å². The van der Waals surface area contributed by atoms with E-state index in [9.17, 15) is 9.90 Å². The van der Waals surface area contributed by atoms with E-state index >= 15 is 0 Å². The number of hydrogen-bond donors (Lipinski definition) is 2. The van der Waals surface area contributed by atoms with Gasteiger partial charge in [0.1, 0.15) is 6.10 Å². The first-order valence-electron chi connectivity index (χ1n) is 12.8. The summed E-state index contributed by atoms with van der Waals surface area (Å²) in [4.78, 5) is 11.1. The standard InChI is InChI=1S/C26H40O7.CH4O/c1-5-9-25-31-23(14-21(28)12-17(2)29-19(4)27)16-24(32-25)15-22-13-18(3)30-26(33-22)20-10-7-6-8-11-20;1-2/h6-8,10-11,17-18,21-26,28H,5,9,12-16H2,1-4H3;2H,1H3. The highest BCUT2D eigenvalue weighted by Crippen LogP contribution is 2.34. The minimum absolute atomic E-state index is 0.00915. The first kappa shape index (κ1) is 29.7. The van der Waals surface area contributed by atoms with Crippen LogP contribution in [0.3, 0.4) is 0 Å². The lowest BCUT2D eigenvalue weighted by Crippen LogP contribution is -2.43. The van der Waals surface area contributed by atoms with Gasteiger partial charge in [0.2, 0.25) is 0 Å². The van der Waals surface area contributed by atoms with E-state index in [0.29, 0.717) is 19.3 Å². The average Bonchev–Trinajstić information content (AvgIpc) is 2.80. The Morgan fingerprint density at radius 2 is 1.71 bits per heavy atom. The predicted octanol–water partition coefficient (Wildman–Crippen LogP) is 4.27. The summed E-state index contributed by atoms with van der Waals surface area (Å²) in [6, 6.07) is 10.0. The fourth-order valence-electron chi connectivity index (χ4n) is 4.77. The van der Waals surface area contributed by atoms with E-state index in [1.54, 1.807) is 6.92 Å². The molecule has 2 aliphatic rings. The smallest absolute Gasteiger partial charge is 0.302 e. The number of rotatable bonds is 10. The molecule has 2 N–H and O–H groups in total. The largest absolute Gasteiger partial charge is 0.463 e. The molecule has 0 radical (unpaired) electrons. The van der Waals surface area contributed by atoms with Gasteiger partial charge in [-0.15, -0.1) is 0 Å². The Bertz CT molecular complexity index is 714. The van der Waals surface area contributed by atoms with E-state index in [0.717, 1.165) is 38.4 Å². The number of benzene rings is 1. The molecule has 8 atom stereocenters. The molecule has 35 heavy (non-hydrogen) atoms. The third-order valence-corrected chi connectivity index (χ3v) is 6.11. The fraction of sp³-hybridized carbons (Fsp3) is 0.741. The number of ether oxygens (including phenoxy) is 5. The van der Waals surface area contributed by atoms with Crippen LogP contribution in [0.2, 0.25) is 0 Å². The molecule has 2 saturated heterocycles. The van der Waals surface area contributed by atoms with Crippen LogP contribution in [-0.4, -0.2) is 66.2 Å². The Hall–Kier alpha value is -1.55. The SMILES string of the molecule is CCCC1OC(CC(O)CC(C)OC(C)=O)CC(CC2CC(C)OC(c3ccccc3)O2)O1.CO. The molecule has 2 fully saturated rings. The Balaban J connectivity index is 0.00000210. The van der Waals surface area contributed by atoms with Crippen molar-refractivity contribution >= 4 is 5.97 Å².